The molecular formula is C25H47N5O5. The number of nitrogens with one attached hydrogen (secondary N) is 1. The van der Waals surface area contributed by atoms with Crippen LogP contribution in [0.25, 0.3) is 0 Å². The van der Waals surface area contributed by atoms with Crippen molar-refractivity contribution in [3.8, 4) is 0 Å². The number of likely N-dealkylation sites (N-methyl/N-ethyl adjacent to an activating group) is 4. The molecule has 1 aliphatic heterocycles. The first-order valence-corrected chi connectivity index (χ1v) is 12.5. The molecule has 1 saturated heterocycles. The van der Waals surface area contributed by atoms with E-state index in [1.807, 2.05) is 41.7 Å². The van der Waals surface area contributed by atoms with Crippen LogP contribution >= 0.6 is 0 Å². The molecule has 10 heteroatoms. The molecule has 0 aliphatic carbocycles. The van der Waals surface area contributed by atoms with E-state index in [9.17, 15) is 19.2 Å². The number of piperidine rings is 1. The quantitative estimate of drug-likeness (QED) is 0.437. The van der Waals surface area contributed by atoms with Gasteiger partial charge in [0.15, 0.2) is 0 Å². The summed E-state index contributed by atoms with van der Waals surface area (Å²) in [5, 5.41) is 12.0. The van der Waals surface area contributed by atoms with Crippen molar-refractivity contribution in [2.24, 2.45) is 11.3 Å². The van der Waals surface area contributed by atoms with Crippen molar-refractivity contribution >= 4 is 23.7 Å². The fourth-order valence-corrected chi connectivity index (χ4v) is 4.47. The lowest BCUT2D eigenvalue weighted by atomic mass is 9.84. The van der Waals surface area contributed by atoms with Crippen LogP contribution in [-0.4, -0.2) is 121 Å². The predicted molar refractivity (Wildman–Crippen MR) is 136 cm³/mol. The molecule has 0 radical (unpaired) electrons. The van der Waals surface area contributed by atoms with Crippen LogP contribution in [0, 0.1) is 11.3 Å². The average Bonchev–Trinajstić information content (AvgIpc) is 2.73. The molecule has 1 rings (SSSR count). The Kier molecular flexibility index (Phi) is 11.6. The molecule has 0 unspecified atom stereocenters. The van der Waals surface area contributed by atoms with E-state index in [1.54, 1.807) is 23.9 Å². The zero-order valence-electron chi connectivity index (χ0n) is 23.1. The van der Waals surface area contributed by atoms with Crippen molar-refractivity contribution in [1.82, 2.24) is 24.9 Å². The third kappa shape index (κ3) is 9.40. The number of likely N-dealkylation sites (tertiary alicyclic amines) is 1. The van der Waals surface area contributed by atoms with Crippen molar-refractivity contribution in [2.45, 2.75) is 72.0 Å². The molecule has 2 N–H and O–H groups in total. The lowest BCUT2D eigenvalue weighted by molar-refractivity contribution is -0.144. The van der Waals surface area contributed by atoms with E-state index in [0.29, 0.717) is 6.54 Å². The second-order valence-corrected chi connectivity index (χ2v) is 11.4. The number of hydrogen-bond donors (Lipinski definition) is 2. The second kappa shape index (κ2) is 13.2. The van der Waals surface area contributed by atoms with Gasteiger partial charge >= 0.3 is 5.97 Å². The van der Waals surface area contributed by atoms with Gasteiger partial charge in [0, 0.05) is 26.7 Å². The highest BCUT2D eigenvalue weighted by atomic mass is 16.4. The average molecular weight is 498 g/mol. The van der Waals surface area contributed by atoms with E-state index in [0.717, 1.165) is 25.8 Å². The summed E-state index contributed by atoms with van der Waals surface area (Å²) in [4.78, 5) is 56.8. The molecule has 1 heterocycles. The smallest absolute Gasteiger partial charge is 0.323 e. The maximum absolute atomic E-state index is 13.7. The first kappa shape index (κ1) is 30.8. The number of hydrogen-bond acceptors (Lipinski definition) is 6. The summed E-state index contributed by atoms with van der Waals surface area (Å²) < 4.78 is 0. The van der Waals surface area contributed by atoms with Crippen molar-refractivity contribution in [3.05, 3.63) is 0 Å². The topological polar surface area (TPSA) is 113 Å². The Bertz CT molecular complexity index is 751. The molecule has 10 nitrogen and oxygen atoms in total. The number of amides is 3. The summed E-state index contributed by atoms with van der Waals surface area (Å²) in [7, 11) is 6.93. The lowest BCUT2D eigenvalue weighted by Crippen LogP contribution is -2.60. The summed E-state index contributed by atoms with van der Waals surface area (Å²) in [6.45, 7) is 10.9. The Balaban J connectivity index is 2.95. The number of rotatable bonds is 11. The van der Waals surface area contributed by atoms with E-state index in [1.165, 1.54) is 11.9 Å². The lowest BCUT2D eigenvalue weighted by Gasteiger charge is -2.40. The number of carbonyl (C=O) groups excluding carboxylic acids is 3. The van der Waals surface area contributed by atoms with E-state index >= 15 is 0 Å². The van der Waals surface area contributed by atoms with Gasteiger partial charge in [-0.05, 0) is 44.8 Å². The summed E-state index contributed by atoms with van der Waals surface area (Å²) >= 11 is 0. The highest BCUT2D eigenvalue weighted by molar-refractivity contribution is 5.90. The van der Waals surface area contributed by atoms with E-state index < -0.39 is 17.4 Å². The van der Waals surface area contributed by atoms with Crippen LogP contribution in [-0.2, 0) is 19.2 Å². The molecule has 0 aromatic heterocycles. The van der Waals surface area contributed by atoms with Gasteiger partial charge in [0.2, 0.25) is 17.7 Å². The Morgan fingerprint density at radius 2 is 1.66 bits per heavy atom. The third-order valence-electron chi connectivity index (χ3n) is 6.79. The molecule has 0 aromatic rings. The molecule has 202 valence electrons. The maximum Gasteiger partial charge on any atom is 0.323 e. The molecule has 0 spiro atoms. The Hall–Kier alpha value is -2.20. The van der Waals surface area contributed by atoms with Crippen molar-refractivity contribution in [3.63, 3.8) is 0 Å². The number of nitrogens with zero attached hydrogens (tertiary/aromatic N) is 4. The number of carboxylic acid groups (broad SMARTS) is 1. The molecule has 0 aromatic carbocycles. The standard InChI is InChI=1S/C25H47N5O5/c1-17(2)19(14-27(6)15-20(31)29(8)16-21(32)33)30(9)24(35)22(25(3,4)5)26-23(34)18-12-10-11-13-28(18)7/h17-19,22H,10-16H2,1-9H3,(H,26,34)(H,32,33)/t18-,19-,22-/m1/s1. The van der Waals surface area contributed by atoms with Gasteiger partial charge in [-0.2, -0.15) is 0 Å². The van der Waals surface area contributed by atoms with Crippen LogP contribution in [0.2, 0.25) is 0 Å². The van der Waals surface area contributed by atoms with Crippen LogP contribution in [0.3, 0.4) is 0 Å². The molecule has 3 atom stereocenters. The van der Waals surface area contributed by atoms with Crippen molar-refractivity contribution < 1.29 is 24.3 Å². The van der Waals surface area contributed by atoms with Gasteiger partial charge in [-0.1, -0.05) is 41.0 Å². The fourth-order valence-electron chi connectivity index (χ4n) is 4.47. The molecular weight excluding hydrogens is 450 g/mol. The summed E-state index contributed by atoms with van der Waals surface area (Å²) in [5.74, 6) is -1.55. The molecule has 1 aliphatic rings. The largest absolute Gasteiger partial charge is 0.480 e. The van der Waals surface area contributed by atoms with E-state index in [-0.39, 0.29) is 48.8 Å². The normalized spacial score (nSPS) is 18.8. The second-order valence-electron chi connectivity index (χ2n) is 11.4. The number of carboxylic acids is 1. The van der Waals surface area contributed by atoms with Gasteiger partial charge in [-0.15, -0.1) is 0 Å². The molecule has 0 bridgehead atoms. The van der Waals surface area contributed by atoms with Crippen molar-refractivity contribution in [1.29, 1.82) is 0 Å². The Morgan fingerprint density at radius 3 is 2.14 bits per heavy atom. The van der Waals surface area contributed by atoms with Gasteiger partial charge in [-0.3, -0.25) is 29.0 Å². The first-order chi connectivity index (χ1) is 16.1. The van der Waals surface area contributed by atoms with Crippen molar-refractivity contribution in [2.75, 3.05) is 54.4 Å². The van der Waals surface area contributed by atoms with Crippen LogP contribution in [0.4, 0.5) is 0 Å². The number of aliphatic carboxylic acids is 1. The van der Waals surface area contributed by atoms with Gasteiger partial charge in [0.05, 0.1) is 12.6 Å². The van der Waals surface area contributed by atoms with Gasteiger partial charge in [0.25, 0.3) is 0 Å². The molecule has 35 heavy (non-hydrogen) atoms. The minimum Gasteiger partial charge on any atom is -0.480 e. The fraction of sp³-hybridized carbons (Fsp3) is 0.840. The van der Waals surface area contributed by atoms with Crippen LogP contribution < -0.4 is 5.32 Å². The zero-order valence-corrected chi connectivity index (χ0v) is 23.1. The Morgan fingerprint density at radius 1 is 1.06 bits per heavy atom. The highest BCUT2D eigenvalue weighted by Gasteiger charge is 2.39. The van der Waals surface area contributed by atoms with Crippen LogP contribution in [0.15, 0.2) is 0 Å². The zero-order chi connectivity index (χ0) is 27.1. The van der Waals surface area contributed by atoms with E-state index in [2.05, 4.69) is 10.2 Å². The minimum absolute atomic E-state index is 0.0441. The highest BCUT2D eigenvalue weighted by Crippen LogP contribution is 2.24. The van der Waals surface area contributed by atoms with Gasteiger partial charge < -0.3 is 20.2 Å². The summed E-state index contributed by atoms with van der Waals surface area (Å²) in [6.07, 6.45) is 2.86. The first-order valence-electron chi connectivity index (χ1n) is 12.5. The number of carbonyl (C=O) groups is 4. The predicted octanol–water partition coefficient (Wildman–Crippen LogP) is 0.959. The molecule has 0 saturated carbocycles. The van der Waals surface area contributed by atoms with Crippen LogP contribution in [0.5, 0.6) is 0 Å². The third-order valence-corrected chi connectivity index (χ3v) is 6.79. The van der Waals surface area contributed by atoms with E-state index in [4.69, 9.17) is 5.11 Å². The summed E-state index contributed by atoms with van der Waals surface area (Å²) in [6, 6.07) is -1.12. The maximum atomic E-state index is 13.7. The molecule has 3 amide bonds. The van der Waals surface area contributed by atoms with Gasteiger partial charge in [-0.25, -0.2) is 0 Å². The summed E-state index contributed by atoms with van der Waals surface area (Å²) in [5.41, 5.74) is -0.489. The van der Waals surface area contributed by atoms with Gasteiger partial charge in [0.1, 0.15) is 12.6 Å². The SMILES string of the molecule is CC(C)[C@@H](CN(C)CC(=O)N(C)CC(=O)O)N(C)C(=O)[C@@H](NC(=O)[C@H]1CCCCN1C)C(C)(C)C. The minimum atomic E-state index is -1.07. The Labute approximate surface area is 211 Å². The molecule has 1 fully saturated rings. The van der Waals surface area contributed by atoms with Crippen LogP contribution in [0.1, 0.15) is 53.9 Å². The monoisotopic (exact) mass is 497 g/mol.